The van der Waals surface area contributed by atoms with E-state index in [9.17, 15) is 4.79 Å². The Kier molecular flexibility index (Phi) is 5.53. The molecule has 2 aromatic carbocycles. The summed E-state index contributed by atoms with van der Waals surface area (Å²) in [6, 6.07) is 17.9. The lowest BCUT2D eigenvalue weighted by atomic mass is 10.1. The van der Waals surface area contributed by atoms with Gasteiger partial charge in [-0.25, -0.2) is 4.68 Å². The Labute approximate surface area is 165 Å². The topological polar surface area (TPSA) is 47.4 Å². The van der Waals surface area contributed by atoms with Crippen LogP contribution in [-0.2, 0) is 11.3 Å². The second-order valence-electron chi connectivity index (χ2n) is 7.30. The molecule has 0 spiro atoms. The van der Waals surface area contributed by atoms with Crippen molar-refractivity contribution in [3.05, 3.63) is 83.7 Å². The van der Waals surface area contributed by atoms with Crippen LogP contribution in [0.25, 0.3) is 5.69 Å². The molecule has 5 heteroatoms. The van der Waals surface area contributed by atoms with E-state index in [0.717, 1.165) is 42.7 Å². The number of hydrogen-bond acceptors (Lipinski definition) is 3. The predicted octanol–water partition coefficient (Wildman–Crippen LogP) is 4.00. The van der Waals surface area contributed by atoms with Crippen molar-refractivity contribution in [1.82, 2.24) is 14.7 Å². The van der Waals surface area contributed by atoms with E-state index in [1.165, 1.54) is 5.56 Å². The fourth-order valence-corrected chi connectivity index (χ4v) is 3.51. The highest BCUT2D eigenvalue weighted by Gasteiger charge is 2.24. The van der Waals surface area contributed by atoms with Crippen LogP contribution in [0.15, 0.2) is 67.0 Å². The van der Waals surface area contributed by atoms with Crippen molar-refractivity contribution in [3.63, 3.8) is 0 Å². The van der Waals surface area contributed by atoms with Gasteiger partial charge in [-0.1, -0.05) is 30.3 Å². The Bertz CT molecular complexity index is 911. The average molecular weight is 375 g/mol. The second kappa shape index (κ2) is 8.40. The molecule has 5 nitrogen and oxygen atoms in total. The molecule has 0 unspecified atom stereocenters. The number of nitrogens with zero attached hydrogens (tertiary/aromatic N) is 3. The molecule has 1 aliphatic heterocycles. The van der Waals surface area contributed by atoms with Gasteiger partial charge in [0.2, 0.25) is 0 Å². The first kappa shape index (κ1) is 18.4. The molecule has 0 radical (unpaired) electrons. The van der Waals surface area contributed by atoms with Crippen LogP contribution >= 0.6 is 0 Å². The predicted molar refractivity (Wildman–Crippen MR) is 108 cm³/mol. The molecule has 1 fully saturated rings. The summed E-state index contributed by atoms with van der Waals surface area (Å²) in [5, 5.41) is 4.31. The van der Waals surface area contributed by atoms with Crippen molar-refractivity contribution in [2.24, 2.45) is 0 Å². The Balaban J connectivity index is 1.30. The van der Waals surface area contributed by atoms with Crippen molar-refractivity contribution in [2.75, 3.05) is 13.1 Å². The highest BCUT2D eigenvalue weighted by Crippen LogP contribution is 2.19. The minimum atomic E-state index is 0.0877. The van der Waals surface area contributed by atoms with Crippen LogP contribution in [0.1, 0.15) is 34.3 Å². The number of carbonyl (C=O) groups excluding carboxylic acids is 1. The first-order valence-corrected chi connectivity index (χ1v) is 9.75. The third-order valence-corrected chi connectivity index (χ3v) is 5.15. The average Bonchev–Trinajstić information content (AvgIpc) is 3.19. The normalized spacial score (nSPS) is 15.0. The molecule has 1 aliphatic rings. The van der Waals surface area contributed by atoms with Gasteiger partial charge in [-0.05, 0) is 55.2 Å². The molecule has 3 aromatic rings. The van der Waals surface area contributed by atoms with Gasteiger partial charge in [0.05, 0.1) is 24.6 Å². The second-order valence-corrected chi connectivity index (χ2v) is 7.30. The number of aryl methyl sites for hydroxylation is 1. The molecule has 0 aliphatic carbocycles. The number of hydrogen-bond donors (Lipinski definition) is 0. The van der Waals surface area contributed by atoms with Gasteiger partial charge < -0.3 is 9.64 Å². The van der Waals surface area contributed by atoms with Gasteiger partial charge in [0, 0.05) is 24.8 Å². The number of rotatable bonds is 5. The van der Waals surface area contributed by atoms with Gasteiger partial charge in [0.1, 0.15) is 0 Å². The minimum Gasteiger partial charge on any atom is -0.373 e. The lowest BCUT2D eigenvalue weighted by Crippen LogP contribution is -2.40. The van der Waals surface area contributed by atoms with Gasteiger partial charge in [0.15, 0.2) is 0 Å². The highest BCUT2D eigenvalue weighted by atomic mass is 16.5. The van der Waals surface area contributed by atoms with Gasteiger partial charge in [-0.15, -0.1) is 0 Å². The number of amides is 1. The van der Waals surface area contributed by atoms with Gasteiger partial charge in [0.25, 0.3) is 5.91 Å². The van der Waals surface area contributed by atoms with E-state index in [4.69, 9.17) is 4.74 Å². The van der Waals surface area contributed by atoms with Crippen molar-refractivity contribution in [1.29, 1.82) is 0 Å². The van der Waals surface area contributed by atoms with Gasteiger partial charge in [-0.3, -0.25) is 4.79 Å². The summed E-state index contributed by atoms with van der Waals surface area (Å²) in [6.07, 6.45) is 5.77. The number of ether oxygens (including phenoxy) is 1. The molecule has 144 valence electrons. The minimum absolute atomic E-state index is 0.0877. The molecule has 0 bridgehead atoms. The third-order valence-electron chi connectivity index (χ3n) is 5.15. The van der Waals surface area contributed by atoms with Crippen LogP contribution in [0.3, 0.4) is 0 Å². The summed E-state index contributed by atoms with van der Waals surface area (Å²) >= 11 is 0. The Hall–Kier alpha value is -2.92. The quantitative estimate of drug-likeness (QED) is 0.677. The standard InChI is InChI=1S/C23H25N3O2/c1-18-15-24-26(16-18)21-9-7-20(8-10-21)23(27)25-13-11-22(12-14-25)28-17-19-5-3-2-4-6-19/h2-10,15-16,22H,11-14,17H2,1H3. The molecule has 1 saturated heterocycles. The number of likely N-dealkylation sites (tertiary alicyclic amines) is 1. The van der Waals surface area contributed by atoms with Crippen LogP contribution in [0, 0.1) is 6.92 Å². The van der Waals surface area contributed by atoms with Gasteiger partial charge in [-0.2, -0.15) is 5.10 Å². The Morgan fingerprint density at radius 2 is 1.79 bits per heavy atom. The maximum Gasteiger partial charge on any atom is 0.253 e. The Morgan fingerprint density at radius 1 is 1.07 bits per heavy atom. The zero-order valence-corrected chi connectivity index (χ0v) is 16.1. The van der Waals surface area contributed by atoms with Crippen molar-refractivity contribution in [3.8, 4) is 5.69 Å². The largest absolute Gasteiger partial charge is 0.373 e. The third kappa shape index (κ3) is 4.31. The van der Waals surface area contributed by atoms with Crippen LogP contribution in [0.5, 0.6) is 0 Å². The molecule has 2 heterocycles. The summed E-state index contributed by atoms with van der Waals surface area (Å²) < 4.78 is 7.84. The van der Waals surface area contributed by atoms with Crippen LogP contribution < -0.4 is 0 Å². The maximum atomic E-state index is 12.8. The molecule has 1 amide bonds. The van der Waals surface area contributed by atoms with E-state index in [1.807, 2.05) is 71.4 Å². The number of piperidine rings is 1. The van der Waals surface area contributed by atoms with E-state index in [-0.39, 0.29) is 12.0 Å². The Morgan fingerprint density at radius 3 is 2.43 bits per heavy atom. The number of aromatic nitrogens is 2. The van der Waals surface area contributed by atoms with E-state index >= 15 is 0 Å². The monoisotopic (exact) mass is 375 g/mol. The number of benzene rings is 2. The zero-order valence-electron chi connectivity index (χ0n) is 16.1. The summed E-state index contributed by atoms with van der Waals surface area (Å²) in [6.45, 7) is 4.11. The van der Waals surface area contributed by atoms with Crippen LogP contribution in [0.4, 0.5) is 0 Å². The van der Waals surface area contributed by atoms with Gasteiger partial charge >= 0.3 is 0 Å². The van der Waals surface area contributed by atoms with Crippen LogP contribution in [-0.4, -0.2) is 39.8 Å². The molecule has 0 N–H and O–H groups in total. The summed E-state index contributed by atoms with van der Waals surface area (Å²) in [5.41, 5.74) is 3.97. The molecule has 0 saturated carbocycles. The smallest absolute Gasteiger partial charge is 0.253 e. The fraction of sp³-hybridized carbons (Fsp3) is 0.304. The van der Waals surface area contributed by atoms with E-state index in [1.54, 1.807) is 0 Å². The maximum absolute atomic E-state index is 12.8. The molecule has 0 atom stereocenters. The van der Waals surface area contributed by atoms with Crippen molar-refractivity contribution < 1.29 is 9.53 Å². The van der Waals surface area contributed by atoms with E-state index < -0.39 is 0 Å². The number of carbonyl (C=O) groups is 1. The lowest BCUT2D eigenvalue weighted by molar-refractivity contribution is -0.000379. The zero-order chi connectivity index (χ0) is 19.3. The first-order valence-electron chi connectivity index (χ1n) is 9.75. The van der Waals surface area contributed by atoms with Crippen molar-refractivity contribution >= 4 is 5.91 Å². The molecular formula is C23H25N3O2. The molecular weight excluding hydrogens is 350 g/mol. The highest BCUT2D eigenvalue weighted by molar-refractivity contribution is 5.94. The summed E-state index contributed by atoms with van der Waals surface area (Å²) in [5.74, 6) is 0.0877. The summed E-state index contributed by atoms with van der Waals surface area (Å²) in [4.78, 5) is 14.7. The first-order chi connectivity index (χ1) is 13.7. The SMILES string of the molecule is Cc1cnn(-c2ccc(C(=O)N3CCC(OCc4ccccc4)CC3)cc2)c1. The summed E-state index contributed by atoms with van der Waals surface area (Å²) in [7, 11) is 0. The molecule has 28 heavy (non-hydrogen) atoms. The lowest BCUT2D eigenvalue weighted by Gasteiger charge is -2.32. The van der Waals surface area contributed by atoms with Crippen molar-refractivity contribution in [2.45, 2.75) is 32.5 Å². The molecule has 4 rings (SSSR count). The fourth-order valence-electron chi connectivity index (χ4n) is 3.51. The molecule has 1 aromatic heterocycles. The van der Waals surface area contributed by atoms with Crippen LogP contribution in [0.2, 0.25) is 0 Å². The van der Waals surface area contributed by atoms with E-state index in [0.29, 0.717) is 6.61 Å². The van der Waals surface area contributed by atoms with E-state index in [2.05, 4.69) is 17.2 Å².